The molecule has 1 amide bonds. The Morgan fingerprint density at radius 1 is 1.30 bits per heavy atom. The second-order valence-electron chi connectivity index (χ2n) is 6.80. The molecule has 1 aromatic carbocycles. The van der Waals surface area contributed by atoms with Gasteiger partial charge < -0.3 is 10.3 Å². The van der Waals surface area contributed by atoms with Gasteiger partial charge in [0.1, 0.15) is 5.82 Å². The number of benzene rings is 1. The van der Waals surface area contributed by atoms with E-state index in [0.29, 0.717) is 11.2 Å². The first kappa shape index (κ1) is 15.8. The van der Waals surface area contributed by atoms with Gasteiger partial charge in [0.15, 0.2) is 5.65 Å². The van der Waals surface area contributed by atoms with Crippen LogP contribution in [-0.2, 0) is 6.42 Å². The van der Waals surface area contributed by atoms with Crippen LogP contribution in [0, 0.1) is 5.82 Å². The summed E-state index contributed by atoms with van der Waals surface area (Å²) in [5, 5.41) is 10.1. The molecule has 0 saturated carbocycles. The number of hydrogen-bond donors (Lipinski definition) is 3. The van der Waals surface area contributed by atoms with E-state index in [1.54, 1.807) is 18.2 Å². The highest BCUT2D eigenvalue weighted by molar-refractivity contribution is 5.94. The van der Waals surface area contributed by atoms with Gasteiger partial charge in [-0.2, -0.15) is 5.10 Å². The Morgan fingerprint density at radius 3 is 3.07 bits per heavy atom. The molecule has 0 aliphatic heterocycles. The Kier molecular flexibility index (Phi) is 3.40. The van der Waals surface area contributed by atoms with Crippen molar-refractivity contribution in [1.29, 1.82) is 0 Å². The summed E-state index contributed by atoms with van der Waals surface area (Å²) in [5.74, 6) is -0.540. The highest BCUT2D eigenvalue weighted by Crippen LogP contribution is 2.35. The van der Waals surface area contributed by atoms with Gasteiger partial charge in [-0.3, -0.25) is 4.79 Å². The van der Waals surface area contributed by atoms with Gasteiger partial charge in [0.05, 0.1) is 11.6 Å². The lowest BCUT2D eigenvalue weighted by Gasteiger charge is -2.24. The number of amides is 1. The van der Waals surface area contributed by atoms with Crippen molar-refractivity contribution in [3.8, 4) is 0 Å². The second kappa shape index (κ2) is 5.80. The third-order valence-corrected chi connectivity index (χ3v) is 5.15. The molecule has 0 unspecified atom stereocenters. The zero-order valence-electron chi connectivity index (χ0n) is 14.3. The van der Waals surface area contributed by atoms with Crippen molar-refractivity contribution in [2.45, 2.75) is 25.3 Å². The largest absolute Gasteiger partial charge is 0.356 e. The minimum atomic E-state index is -0.391. The van der Waals surface area contributed by atoms with Crippen molar-refractivity contribution in [3.63, 3.8) is 0 Å². The Morgan fingerprint density at radius 2 is 2.19 bits per heavy atom. The summed E-state index contributed by atoms with van der Waals surface area (Å²) in [4.78, 5) is 27.8. The monoisotopic (exact) mass is 365 g/mol. The zero-order valence-corrected chi connectivity index (χ0v) is 14.3. The third kappa shape index (κ3) is 2.52. The number of halogens is 1. The number of H-pyrrole nitrogens is 2. The smallest absolute Gasteiger partial charge is 0.347 e. The van der Waals surface area contributed by atoms with Crippen LogP contribution in [0.25, 0.3) is 16.6 Å². The summed E-state index contributed by atoms with van der Waals surface area (Å²) >= 11 is 0. The standard InChI is InChI=1S/C19H16FN5O2/c20-11-5-6-14-13(8-11)12-2-1-3-15(17(12)21-14)22-18(26)10-4-7-16-23-24-19(27)25(16)9-10/h4-9,15,21H,1-3H2,(H,22,26)(H,24,27)/t15-/m1/s1. The number of nitrogens with zero attached hydrogens (tertiary/aromatic N) is 2. The zero-order chi connectivity index (χ0) is 18.5. The number of carbonyl (C=O) groups is 1. The van der Waals surface area contributed by atoms with Gasteiger partial charge in [0.2, 0.25) is 0 Å². The van der Waals surface area contributed by atoms with Crippen LogP contribution in [0.2, 0.25) is 0 Å². The number of rotatable bonds is 2. The van der Waals surface area contributed by atoms with Crippen molar-refractivity contribution in [3.05, 3.63) is 69.7 Å². The maximum atomic E-state index is 13.6. The number of pyridine rings is 1. The molecule has 3 aromatic heterocycles. The normalized spacial score (nSPS) is 16.6. The lowest BCUT2D eigenvalue weighted by atomic mass is 9.91. The average molecular weight is 365 g/mol. The van der Waals surface area contributed by atoms with E-state index in [1.165, 1.54) is 22.7 Å². The first-order valence-electron chi connectivity index (χ1n) is 8.78. The predicted molar refractivity (Wildman–Crippen MR) is 97.2 cm³/mol. The van der Waals surface area contributed by atoms with Gasteiger partial charge in [-0.05, 0) is 55.2 Å². The number of fused-ring (bicyclic) bond motifs is 4. The molecular weight excluding hydrogens is 349 g/mol. The number of aromatic amines is 2. The summed E-state index contributed by atoms with van der Waals surface area (Å²) in [6.07, 6.45) is 4.02. The Labute approximate surface area is 152 Å². The fraction of sp³-hybridized carbons (Fsp3) is 0.211. The number of aromatic nitrogens is 4. The van der Waals surface area contributed by atoms with E-state index < -0.39 is 5.69 Å². The molecule has 4 aromatic rings. The SMILES string of the molecule is O=C(N[C@@H]1CCCc2c1[nH]c1ccc(F)cc21)c1ccc2n[nH]c(=O)n2c1. The molecule has 0 bridgehead atoms. The van der Waals surface area contributed by atoms with E-state index in [-0.39, 0.29) is 17.8 Å². The van der Waals surface area contributed by atoms with Crippen molar-refractivity contribution in [2.24, 2.45) is 0 Å². The molecule has 3 heterocycles. The number of nitrogens with one attached hydrogen (secondary N) is 3. The van der Waals surface area contributed by atoms with Crippen LogP contribution in [0.15, 0.2) is 41.3 Å². The fourth-order valence-electron chi connectivity index (χ4n) is 3.86. The molecule has 0 fully saturated rings. The average Bonchev–Trinajstić information content (AvgIpc) is 3.23. The minimum absolute atomic E-state index is 0.187. The van der Waals surface area contributed by atoms with Gasteiger partial charge in [-0.15, -0.1) is 0 Å². The van der Waals surface area contributed by atoms with Crippen LogP contribution in [-0.4, -0.2) is 25.5 Å². The molecule has 0 radical (unpaired) electrons. The lowest BCUT2D eigenvalue weighted by molar-refractivity contribution is 0.0931. The first-order valence-corrected chi connectivity index (χ1v) is 8.78. The lowest BCUT2D eigenvalue weighted by Crippen LogP contribution is -2.31. The van der Waals surface area contributed by atoms with Crippen LogP contribution < -0.4 is 11.0 Å². The van der Waals surface area contributed by atoms with Gasteiger partial charge in [-0.25, -0.2) is 18.7 Å². The maximum absolute atomic E-state index is 13.6. The highest BCUT2D eigenvalue weighted by Gasteiger charge is 2.26. The van der Waals surface area contributed by atoms with E-state index >= 15 is 0 Å². The fourth-order valence-corrected chi connectivity index (χ4v) is 3.86. The van der Waals surface area contributed by atoms with Crippen molar-refractivity contribution in [1.82, 2.24) is 24.9 Å². The van der Waals surface area contributed by atoms with Gasteiger partial charge in [0, 0.05) is 22.8 Å². The molecule has 1 atom stereocenters. The number of hydrogen-bond acceptors (Lipinski definition) is 3. The summed E-state index contributed by atoms with van der Waals surface area (Å²) < 4.78 is 14.9. The van der Waals surface area contributed by atoms with Crippen molar-refractivity contribution < 1.29 is 9.18 Å². The Hall–Kier alpha value is -3.42. The molecule has 1 aliphatic carbocycles. The molecule has 136 valence electrons. The Balaban J connectivity index is 1.49. The molecule has 0 spiro atoms. The third-order valence-electron chi connectivity index (χ3n) is 5.15. The van der Waals surface area contributed by atoms with Crippen molar-refractivity contribution in [2.75, 3.05) is 0 Å². The second-order valence-corrected chi connectivity index (χ2v) is 6.80. The number of carbonyl (C=O) groups excluding carboxylic acids is 1. The van der Waals surface area contributed by atoms with Gasteiger partial charge >= 0.3 is 5.69 Å². The van der Waals surface area contributed by atoms with E-state index in [9.17, 15) is 14.0 Å². The van der Waals surface area contributed by atoms with Crippen LogP contribution >= 0.6 is 0 Å². The Bertz CT molecular complexity index is 1250. The number of aryl methyl sites for hydroxylation is 1. The summed E-state index contributed by atoms with van der Waals surface area (Å²) in [5.41, 5.74) is 3.29. The van der Waals surface area contributed by atoms with E-state index in [2.05, 4.69) is 20.5 Å². The molecule has 1 aliphatic rings. The van der Waals surface area contributed by atoms with E-state index in [4.69, 9.17) is 0 Å². The quantitative estimate of drug-likeness (QED) is 0.509. The summed E-state index contributed by atoms with van der Waals surface area (Å²) in [6.45, 7) is 0. The molecule has 8 heteroatoms. The van der Waals surface area contributed by atoms with Crippen LogP contribution in [0.5, 0.6) is 0 Å². The van der Waals surface area contributed by atoms with E-state index in [1.807, 2.05) is 0 Å². The van der Waals surface area contributed by atoms with Crippen LogP contribution in [0.3, 0.4) is 0 Å². The molecule has 27 heavy (non-hydrogen) atoms. The van der Waals surface area contributed by atoms with Crippen LogP contribution in [0.1, 0.15) is 40.5 Å². The molecular formula is C19H16FN5O2. The van der Waals surface area contributed by atoms with Gasteiger partial charge in [-0.1, -0.05) is 0 Å². The molecule has 7 nitrogen and oxygen atoms in total. The van der Waals surface area contributed by atoms with Crippen molar-refractivity contribution >= 4 is 22.5 Å². The topological polar surface area (TPSA) is 95.0 Å². The summed E-state index contributed by atoms with van der Waals surface area (Å²) in [6, 6.07) is 7.75. The predicted octanol–water partition coefficient (Wildman–Crippen LogP) is 2.45. The molecule has 3 N–H and O–H groups in total. The molecule has 0 saturated heterocycles. The highest BCUT2D eigenvalue weighted by atomic mass is 19.1. The van der Waals surface area contributed by atoms with E-state index in [0.717, 1.165) is 41.4 Å². The first-order chi connectivity index (χ1) is 13.1. The minimum Gasteiger partial charge on any atom is -0.356 e. The maximum Gasteiger partial charge on any atom is 0.347 e. The van der Waals surface area contributed by atoms with Crippen LogP contribution in [0.4, 0.5) is 4.39 Å². The van der Waals surface area contributed by atoms with Gasteiger partial charge in [0.25, 0.3) is 5.91 Å². The summed E-state index contributed by atoms with van der Waals surface area (Å²) in [7, 11) is 0. The molecule has 5 rings (SSSR count).